The molecule has 4 aromatic carbocycles. The molecule has 1 heterocycles. The van der Waals surface area contributed by atoms with Crippen molar-refractivity contribution in [2.75, 3.05) is 35.7 Å². The van der Waals surface area contributed by atoms with Gasteiger partial charge in [0.15, 0.2) is 0 Å². The molecule has 1 aliphatic heterocycles. The lowest BCUT2D eigenvalue weighted by molar-refractivity contribution is 0.167. The topological polar surface area (TPSA) is 77.1 Å². The van der Waals surface area contributed by atoms with Gasteiger partial charge in [-0.05, 0) is 78.6 Å². The number of ether oxygens (including phenoxy) is 3. The van der Waals surface area contributed by atoms with Gasteiger partial charge in [0, 0.05) is 37.4 Å². The van der Waals surface area contributed by atoms with Crippen molar-refractivity contribution in [3.8, 4) is 17.2 Å². The van der Waals surface area contributed by atoms with E-state index in [-0.39, 0.29) is 5.82 Å². The van der Waals surface area contributed by atoms with Gasteiger partial charge in [-0.2, -0.15) is 0 Å². The molecule has 1 fully saturated rings. The Bertz CT molecular complexity index is 1610. The molecule has 7 nitrogen and oxygen atoms in total. The zero-order valence-corrected chi connectivity index (χ0v) is 24.6. The molecule has 0 bridgehead atoms. The summed E-state index contributed by atoms with van der Waals surface area (Å²) in [7, 11) is -3.45. The Morgan fingerprint density at radius 2 is 1.64 bits per heavy atom. The maximum absolute atomic E-state index is 14.0. The van der Waals surface area contributed by atoms with E-state index in [0.29, 0.717) is 42.8 Å². The lowest BCUT2D eigenvalue weighted by Gasteiger charge is -2.28. The first-order valence-corrected chi connectivity index (χ1v) is 15.8. The van der Waals surface area contributed by atoms with E-state index in [0.717, 1.165) is 54.0 Å². The van der Waals surface area contributed by atoms with E-state index in [1.54, 1.807) is 12.1 Å². The maximum atomic E-state index is 14.0. The Labute approximate surface area is 246 Å². The quantitative estimate of drug-likeness (QED) is 0.193. The van der Waals surface area contributed by atoms with Crippen molar-refractivity contribution in [3.05, 3.63) is 114 Å². The molecule has 1 unspecified atom stereocenters. The molecule has 0 spiro atoms. The van der Waals surface area contributed by atoms with Gasteiger partial charge < -0.3 is 19.1 Å². The molecule has 0 aliphatic carbocycles. The summed E-state index contributed by atoms with van der Waals surface area (Å²) in [5.74, 6) is 2.24. The summed E-state index contributed by atoms with van der Waals surface area (Å²) in [6.07, 6.45) is 2.15. The van der Waals surface area contributed by atoms with Crippen LogP contribution in [0.2, 0.25) is 0 Å². The molecule has 9 heteroatoms. The fourth-order valence-electron chi connectivity index (χ4n) is 4.93. The van der Waals surface area contributed by atoms with E-state index < -0.39 is 10.0 Å². The van der Waals surface area contributed by atoms with Gasteiger partial charge in [-0.25, -0.2) is 12.8 Å². The number of hydrogen-bond acceptors (Lipinski definition) is 6. The van der Waals surface area contributed by atoms with Crippen molar-refractivity contribution in [1.82, 2.24) is 0 Å². The van der Waals surface area contributed by atoms with E-state index in [1.807, 2.05) is 73.7 Å². The Hall–Kier alpha value is -4.08. The van der Waals surface area contributed by atoms with Crippen molar-refractivity contribution >= 4 is 21.4 Å². The monoisotopic (exact) mass is 590 g/mol. The average molecular weight is 591 g/mol. The van der Waals surface area contributed by atoms with Crippen LogP contribution in [0.25, 0.3) is 0 Å². The van der Waals surface area contributed by atoms with Crippen LogP contribution in [-0.4, -0.2) is 34.5 Å². The highest BCUT2D eigenvalue weighted by Crippen LogP contribution is 2.31. The molecular weight excluding hydrogens is 555 g/mol. The summed E-state index contributed by atoms with van der Waals surface area (Å²) < 4.78 is 57.9. The van der Waals surface area contributed by atoms with Gasteiger partial charge in [-0.3, -0.25) is 4.72 Å². The first-order valence-electron chi connectivity index (χ1n) is 13.9. The number of benzene rings is 4. The van der Waals surface area contributed by atoms with Crippen LogP contribution in [0.1, 0.15) is 23.1 Å². The third-order valence-corrected chi connectivity index (χ3v) is 7.64. The summed E-state index contributed by atoms with van der Waals surface area (Å²) in [5.41, 5.74) is 3.94. The fraction of sp³-hybridized carbons (Fsp3) is 0.273. The van der Waals surface area contributed by atoms with Crippen molar-refractivity contribution < 1.29 is 27.0 Å². The molecule has 4 aromatic rings. The largest absolute Gasteiger partial charge is 0.493 e. The normalized spacial score (nSPS) is 14.9. The first-order chi connectivity index (χ1) is 20.2. The van der Waals surface area contributed by atoms with Crippen LogP contribution in [0.3, 0.4) is 0 Å². The lowest BCUT2D eigenvalue weighted by Crippen LogP contribution is -2.23. The number of halogens is 1. The SMILES string of the molecule is Cc1c(NS(C)(=O)=O)cccc1N(Cc1ccc(Oc2cccc(OCC3CCOC3)c2)cc1)Cc1cccc(F)c1. The van der Waals surface area contributed by atoms with Crippen molar-refractivity contribution in [3.63, 3.8) is 0 Å². The summed E-state index contributed by atoms with van der Waals surface area (Å²) in [6.45, 7) is 4.97. The number of anilines is 2. The predicted octanol–water partition coefficient (Wildman–Crippen LogP) is 6.92. The van der Waals surface area contributed by atoms with Gasteiger partial charge in [0.05, 0.1) is 25.2 Å². The molecule has 0 amide bonds. The molecule has 0 aromatic heterocycles. The van der Waals surface area contributed by atoms with Crippen molar-refractivity contribution in [2.45, 2.75) is 26.4 Å². The first kappa shape index (κ1) is 29.4. The van der Waals surface area contributed by atoms with Crippen LogP contribution >= 0.6 is 0 Å². The number of nitrogens with one attached hydrogen (secondary N) is 1. The second-order valence-corrected chi connectivity index (χ2v) is 12.3. The van der Waals surface area contributed by atoms with Crippen molar-refractivity contribution in [2.24, 2.45) is 5.92 Å². The van der Waals surface area contributed by atoms with Gasteiger partial charge in [-0.15, -0.1) is 0 Å². The van der Waals surface area contributed by atoms with Crippen LogP contribution in [-0.2, 0) is 27.8 Å². The molecule has 5 rings (SSSR count). The van der Waals surface area contributed by atoms with Gasteiger partial charge in [0.25, 0.3) is 0 Å². The van der Waals surface area contributed by atoms with Crippen LogP contribution in [0.4, 0.5) is 15.8 Å². The van der Waals surface area contributed by atoms with E-state index in [4.69, 9.17) is 14.2 Å². The van der Waals surface area contributed by atoms with Gasteiger partial charge in [-0.1, -0.05) is 36.4 Å². The summed E-state index contributed by atoms with van der Waals surface area (Å²) in [5, 5.41) is 0. The van der Waals surface area contributed by atoms with Crippen LogP contribution in [0, 0.1) is 18.7 Å². The molecule has 0 radical (unpaired) electrons. The molecule has 1 aliphatic rings. The van der Waals surface area contributed by atoms with Gasteiger partial charge >= 0.3 is 0 Å². The zero-order valence-electron chi connectivity index (χ0n) is 23.8. The van der Waals surface area contributed by atoms with Gasteiger partial charge in [0.1, 0.15) is 23.1 Å². The Balaban J connectivity index is 1.32. The number of hydrogen-bond donors (Lipinski definition) is 1. The van der Waals surface area contributed by atoms with E-state index in [9.17, 15) is 12.8 Å². The summed E-state index contributed by atoms with van der Waals surface area (Å²) in [6, 6.07) is 27.4. The zero-order chi connectivity index (χ0) is 29.5. The van der Waals surface area contributed by atoms with Crippen LogP contribution < -0.4 is 19.1 Å². The molecule has 42 heavy (non-hydrogen) atoms. The minimum atomic E-state index is -3.45. The number of rotatable bonds is 12. The van der Waals surface area contributed by atoms with Crippen LogP contribution in [0.5, 0.6) is 17.2 Å². The average Bonchev–Trinajstić information content (AvgIpc) is 3.47. The minimum absolute atomic E-state index is 0.305. The van der Waals surface area contributed by atoms with E-state index in [1.165, 1.54) is 12.1 Å². The molecule has 1 saturated heterocycles. The smallest absolute Gasteiger partial charge is 0.229 e. The molecular formula is C33H35FN2O5S. The summed E-state index contributed by atoms with van der Waals surface area (Å²) in [4.78, 5) is 2.10. The van der Waals surface area contributed by atoms with Crippen molar-refractivity contribution in [1.29, 1.82) is 0 Å². The predicted molar refractivity (Wildman–Crippen MR) is 163 cm³/mol. The Morgan fingerprint density at radius 1 is 0.905 bits per heavy atom. The molecule has 220 valence electrons. The van der Waals surface area contributed by atoms with Crippen LogP contribution in [0.15, 0.2) is 91.0 Å². The highest BCUT2D eigenvalue weighted by atomic mass is 32.2. The van der Waals surface area contributed by atoms with Gasteiger partial charge in [0.2, 0.25) is 10.0 Å². The second kappa shape index (κ2) is 13.3. The molecule has 1 N–H and O–H groups in total. The maximum Gasteiger partial charge on any atom is 0.229 e. The van der Waals surface area contributed by atoms with E-state index in [2.05, 4.69) is 9.62 Å². The van der Waals surface area contributed by atoms with E-state index >= 15 is 0 Å². The molecule has 1 atom stereocenters. The number of nitrogens with zero attached hydrogens (tertiary/aromatic N) is 1. The Morgan fingerprint density at radius 3 is 2.38 bits per heavy atom. The Kier molecular flexibility index (Phi) is 9.29. The highest BCUT2D eigenvalue weighted by molar-refractivity contribution is 7.92. The molecule has 0 saturated carbocycles. The third kappa shape index (κ3) is 8.24. The standard InChI is InChI=1S/C33H35FN2O5S/c1-24-32(35-42(2,37)38)10-5-11-33(24)36(21-26-6-3-7-28(34)18-26)20-25-12-14-29(15-13-25)41-31-9-4-8-30(19-31)40-23-27-16-17-39-22-27/h3-15,18-19,27,35H,16-17,20-23H2,1-2H3. The highest BCUT2D eigenvalue weighted by Gasteiger charge is 2.17. The minimum Gasteiger partial charge on any atom is -0.493 e. The second-order valence-electron chi connectivity index (χ2n) is 10.6. The third-order valence-electron chi connectivity index (χ3n) is 7.05. The summed E-state index contributed by atoms with van der Waals surface area (Å²) >= 11 is 0. The number of sulfonamides is 1. The lowest BCUT2D eigenvalue weighted by atomic mass is 10.1. The fourth-order valence-corrected chi connectivity index (χ4v) is 5.55.